The first-order valence-electron chi connectivity index (χ1n) is 11.9. The molecule has 0 unspecified atom stereocenters. The van der Waals surface area contributed by atoms with Crippen LogP contribution in [0, 0.1) is 0 Å². The standard InChI is InChI=1S/C27H23BrClN5O3S/c28-22-7-3-1-5-20(22)25-31-32-27(37-25)38-17-24(35)30-18-9-11-19(12-10-18)33-13-15-34(16-14-33)26(36)21-6-2-4-8-23(21)29/h1-12H,13-17H2,(H,30,35). The molecule has 4 aromatic rings. The average molecular weight is 613 g/mol. The Bertz CT molecular complexity index is 1440. The van der Waals surface area contributed by atoms with Gasteiger partial charge in [0.25, 0.3) is 11.1 Å². The van der Waals surface area contributed by atoms with Crippen molar-refractivity contribution in [2.24, 2.45) is 0 Å². The Morgan fingerprint density at radius 2 is 1.66 bits per heavy atom. The quantitative estimate of drug-likeness (QED) is 0.262. The van der Waals surface area contributed by atoms with Crippen LogP contribution in [0.4, 0.5) is 11.4 Å². The summed E-state index contributed by atoms with van der Waals surface area (Å²) in [4.78, 5) is 29.3. The van der Waals surface area contributed by atoms with Gasteiger partial charge >= 0.3 is 0 Å². The van der Waals surface area contributed by atoms with Crippen molar-refractivity contribution in [3.05, 3.63) is 87.9 Å². The van der Waals surface area contributed by atoms with Gasteiger partial charge in [0.15, 0.2) is 0 Å². The molecule has 8 nitrogen and oxygen atoms in total. The number of benzene rings is 3. The van der Waals surface area contributed by atoms with Gasteiger partial charge in [-0.1, -0.05) is 47.6 Å². The molecule has 194 valence electrons. The Balaban J connectivity index is 1.10. The zero-order valence-electron chi connectivity index (χ0n) is 20.1. The van der Waals surface area contributed by atoms with Crippen molar-refractivity contribution in [3.8, 4) is 11.5 Å². The van der Waals surface area contributed by atoms with Crippen LogP contribution in [0.3, 0.4) is 0 Å². The van der Waals surface area contributed by atoms with Gasteiger partial charge in [0, 0.05) is 42.0 Å². The highest BCUT2D eigenvalue weighted by molar-refractivity contribution is 9.10. The molecule has 0 radical (unpaired) electrons. The molecule has 5 rings (SSSR count). The first kappa shape index (κ1) is 26.3. The normalized spacial score (nSPS) is 13.4. The number of anilines is 2. The Hall–Kier alpha value is -3.34. The van der Waals surface area contributed by atoms with E-state index in [0.717, 1.165) is 15.7 Å². The Labute approximate surface area is 237 Å². The summed E-state index contributed by atoms with van der Waals surface area (Å²) >= 11 is 10.8. The second-order valence-electron chi connectivity index (χ2n) is 8.50. The third-order valence-corrected chi connectivity index (χ3v) is 7.86. The molecular formula is C27H23BrClN5O3S. The summed E-state index contributed by atoms with van der Waals surface area (Å²) in [5.41, 5.74) is 3.06. The maximum atomic E-state index is 12.8. The summed E-state index contributed by atoms with van der Waals surface area (Å²) in [6, 6.07) is 22.4. The van der Waals surface area contributed by atoms with E-state index in [1.54, 1.807) is 12.1 Å². The van der Waals surface area contributed by atoms with E-state index in [-0.39, 0.29) is 17.6 Å². The molecule has 0 bridgehead atoms. The Kier molecular flexibility index (Phi) is 8.31. The van der Waals surface area contributed by atoms with Gasteiger partial charge in [-0.05, 0) is 64.5 Å². The van der Waals surface area contributed by atoms with Crippen molar-refractivity contribution in [1.82, 2.24) is 15.1 Å². The predicted octanol–water partition coefficient (Wildman–Crippen LogP) is 5.85. The van der Waals surface area contributed by atoms with E-state index >= 15 is 0 Å². The summed E-state index contributed by atoms with van der Waals surface area (Å²) in [7, 11) is 0. The minimum atomic E-state index is -0.171. The number of carbonyl (C=O) groups excluding carboxylic acids is 2. The summed E-state index contributed by atoms with van der Waals surface area (Å²) in [5.74, 6) is 0.316. The van der Waals surface area contributed by atoms with Gasteiger partial charge in [-0.3, -0.25) is 9.59 Å². The summed E-state index contributed by atoms with van der Waals surface area (Å²) in [6.07, 6.45) is 0. The van der Waals surface area contributed by atoms with Crippen LogP contribution in [-0.4, -0.2) is 58.8 Å². The number of nitrogens with one attached hydrogen (secondary N) is 1. The van der Waals surface area contributed by atoms with Crippen LogP contribution in [0.5, 0.6) is 0 Å². The molecule has 2 amide bonds. The number of aromatic nitrogens is 2. The molecule has 38 heavy (non-hydrogen) atoms. The van der Waals surface area contributed by atoms with Crippen molar-refractivity contribution in [1.29, 1.82) is 0 Å². The van der Waals surface area contributed by atoms with E-state index in [1.807, 2.05) is 65.6 Å². The van der Waals surface area contributed by atoms with Gasteiger partial charge in [-0.25, -0.2) is 0 Å². The number of nitrogens with zero attached hydrogens (tertiary/aromatic N) is 4. The number of amides is 2. The molecule has 3 aromatic carbocycles. The Morgan fingerprint density at radius 1 is 0.947 bits per heavy atom. The van der Waals surface area contributed by atoms with Crippen molar-refractivity contribution in [3.63, 3.8) is 0 Å². The molecule has 1 aliphatic heterocycles. The lowest BCUT2D eigenvalue weighted by atomic mass is 10.1. The number of halogens is 2. The van der Waals surface area contributed by atoms with Crippen LogP contribution < -0.4 is 10.2 Å². The van der Waals surface area contributed by atoms with Crippen molar-refractivity contribution >= 4 is 62.5 Å². The number of rotatable bonds is 7. The predicted molar refractivity (Wildman–Crippen MR) is 153 cm³/mol. The third kappa shape index (κ3) is 6.20. The molecule has 1 aliphatic rings. The van der Waals surface area contributed by atoms with Gasteiger partial charge < -0.3 is 19.5 Å². The van der Waals surface area contributed by atoms with Crippen LogP contribution in [0.1, 0.15) is 10.4 Å². The SMILES string of the molecule is O=C(CSc1nnc(-c2ccccc2Br)o1)Nc1ccc(N2CCN(C(=O)c3ccccc3Cl)CC2)cc1. The van der Waals surface area contributed by atoms with E-state index in [0.29, 0.717) is 53.6 Å². The number of thioether (sulfide) groups is 1. The molecule has 0 aliphatic carbocycles. The van der Waals surface area contributed by atoms with E-state index in [4.69, 9.17) is 16.0 Å². The van der Waals surface area contributed by atoms with E-state index in [2.05, 4.69) is 36.3 Å². The maximum absolute atomic E-state index is 12.8. The monoisotopic (exact) mass is 611 g/mol. The molecule has 0 atom stereocenters. The molecule has 1 aromatic heterocycles. The van der Waals surface area contributed by atoms with Gasteiger partial charge in [0.2, 0.25) is 11.8 Å². The number of hydrogen-bond donors (Lipinski definition) is 1. The van der Waals surface area contributed by atoms with E-state index in [1.165, 1.54) is 11.8 Å². The second kappa shape index (κ2) is 12.0. The zero-order valence-corrected chi connectivity index (χ0v) is 23.3. The maximum Gasteiger partial charge on any atom is 0.277 e. The third-order valence-electron chi connectivity index (χ3n) is 6.02. The van der Waals surface area contributed by atoms with Crippen LogP contribution in [-0.2, 0) is 4.79 Å². The molecule has 2 heterocycles. The molecular weight excluding hydrogens is 590 g/mol. The lowest BCUT2D eigenvalue weighted by Gasteiger charge is -2.36. The largest absolute Gasteiger partial charge is 0.411 e. The fourth-order valence-electron chi connectivity index (χ4n) is 4.06. The highest BCUT2D eigenvalue weighted by Crippen LogP contribution is 2.29. The average Bonchev–Trinajstić information content (AvgIpc) is 3.41. The second-order valence-corrected chi connectivity index (χ2v) is 10.7. The minimum Gasteiger partial charge on any atom is -0.411 e. The molecule has 11 heteroatoms. The lowest BCUT2D eigenvalue weighted by molar-refractivity contribution is -0.113. The molecule has 1 fully saturated rings. The first-order valence-corrected chi connectivity index (χ1v) is 14.0. The summed E-state index contributed by atoms with van der Waals surface area (Å²) < 4.78 is 6.54. The fraction of sp³-hybridized carbons (Fsp3) is 0.185. The van der Waals surface area contributed by atoms with Crippen molar-refractivity contribution < 1.29 is 14.0 Å². The van der Waals surface area contributed by atoms with Crippen LogP contribution in [0.2, 0.25) is 5.02 Å². The van der Waals surface area contributed by atoms with Crippen LogP contribution in [0.15, 0.2) is 86.9 Å². The number of piperazine rings is 1. The highest BCUT2D eigenvalue weighted by atomic mass is 79.9. The molecule has 1 saturated heterocycles. The van der Waals surface area contributed by atoms with Gasteiger partial charge in [0.05, 0.1) is 21.9 Å². The van der Waals surface area contributed by atoms with Crippen LogP contribution >= 0.6 is 39.3 Å². The minimum absolute atomic E-state index is 0.0455. The zero-order chi connectivity index (χ0) is 26.5. The van der Waals surface area contributed by atoms with Crippen molar-refractivity contribution in [2.45, 2.75) is 5.22 Å². The topological polar surface area (TPSA) is 91.6 Å². The van der Waals surface area contributed by atoms with Gasteiger partial charge in [-0.2, -0.15) is 0 Å². The highest BCUT2D eigenvalue weighted by Gasteiger charge is 2.23. The molecule has 0 saturated carbocycles. The smallest absolute Gasteiger partial charge is 0.277 e. The molecule has 0 spiro atoms. The summed E-state index contributed by atoms with van der Waals surface area (Å²) in [5, 5.41) is 11.8. The van der Waals surface area contributed by atoms with Crippen molar-refractivity contribution in [2.75, 3.05) is 42.1 Å². The van der Waals surface area contributed by atoms with Gasteiger partial charge in [0.1, 0.15) is 0 Å². The first-order chi connectivity index (χ1) is 18.5. The van der Waals surface area contributed by atoms with Crippen LogP contribution in [0.25, 0.3) is 11.5 Å². The Morgan fingerprint density at radius 3 is 2.39 bits per heavy atom. The number of hydrogen-bond acceptors (Lipinski definition) is 7. The van der Waals surface area contributed by atoms with Gasteiger partial charge in [-0.15, -0.1) is 10.2 Å². The fourth-order valence-corrected chi connectivity index (χ4v) is 5.30. The number of carbonyl (C=O) groups is 2. The van der Waals surface area contributed by atoms with E-state index in [9.17, 15) is 9.59 Å². The van der Waals surface area contributed by atoms with E-state index < -0.39 is 0 Å². The summed E-state index contributed by atoms with van der Waals surface area (Å²) in [6.45, 7) is 2.64. The lowest BCUT2D eigenvalue weighted by Crippen LogP contribution is -2.48. The molecule has 1 N–H and O–H groups in total.